The first-order chi connectivity index (χ1) is 11.5. The molecule has 0 aliphatic carbocycles. The van der Waals surface area contributed by atoms with Crippen LogP contribution in [0.1, 0.15) is 39.4 Å². The Labute approximate surface area is 143 Å². The smallest absolute Gasteiger partial charge is 0.242 e. The minimum Gasteiger partial charge on any atom is -0.467 e. The van der Waals surface area contributed by atoms with E-state index in [1.165, 1.54) is 6.92 Å². The summed E-state index contributed by atoms with van der Waals surface area (Å²) >= 11 is 0. The summed E-state index contributed by atoms with van der Waals surface area (Å²) in [5.41, 5.74) is 0. The molecule has 2 amide bonds. The van der Waals surface area contributed by atoms with Crippen LogP contribution in [-0.2, 0) is 20.9 Å². The number of hydrogen-bond acceptors (Lipinski definition) is 4. The van der Waals surface area contributed by atoms with Gasteiger partial charge in [-0.2, -0.15) is 0 Å². The Balaban J connectivity index is 2.02. The lowest BCUT2D eigenvalue weighted by Gasteiger charge is -2.29. The number of amides is 2. The summed E-state index contributed by atoms with van der Waals surface area (Å²) in [6.07, 6.45) is 3.66. The monoisotopic (exact) mass is 336 g/mol. The minimum absolute atomic E-state index is 0.0692. The van der Waals surface area contributed by atoms with E-state index in [1.54, 1.807) is 16.1 Å². The van der Waals surface area contributed by atoms with Crippen molar-refractivity contribution in [2.75, 3.05) is 26.2 Å². The normalized spacial score (nSPS) is 17.2. The average molecular weight is 336 g/mol. The second-order valence-corrected chi connectivity index (χ2v) is 6.78. The molecule has 1 aliphatic rings. The van der Waals surface area contributed by atoms with Gasteiger partial charge in [0.15, 0.2) is 0 Å². The van der Waals surface area contributed by atoms with Gasteiger partial charge < -0.3 is 19.0 Å². The standard InChI is InChI=1S/C18H28N2O4/c1-14(2)10-19(15(3)21)13-18(22)20(11-16-6-4-8-23-16)12-17-7-5-9-24-17/h4,6,8,14,17H,5,7,9-13H2,1-3H3/t17-/m0/s1. The SMILES string of the molecule is CC(=O)N(CC(=O)N(Cc1ccco1)C[C@@H]1CCCO1)CC(C)C. The van der Waals surface area contributed by atoms with Gasteiger partial charge in [0.1, 0.15) is 5.76 Å². The summed E-state index contributed by atoms with van der Waals surface area (Å²) in [6.45, 7) is 7.94. The maximum atomic E-state index is 12.8. The maximum absolute atomic E-state index is 12.8. The summed E-state index contributed by atoms with van der Waals surface area (Å²) in [4.78, 5) is 27.9. The molecule has 1 fully saturated rings. The predicted molar refractivity (Wildman–Crippen MR) is 90.2 cm³/mol. The van der Waals surface area contributed by atoms with E-state index in [2.05, 4.69) is 0 Å². The van der Waals surface area contributed by atoms with Crippen LogP contribution in [0.25, 0.3) is 0 Å². The summed E-state index contributed by atoms with van der Waals surface area (Å²) in [5.74, 6) is 0.905. The van der Waals surface area contributed by atoms with E-state index in [4.69, 9.17) is 9.15 Å². The molecule has 0 unspecified atom stereocenters. The summed E-state index contributed by atoms with van der Waals surface area (Å²) in [5, 5.41) is 0. The Morgan fingerprint density at radius 1 is 1.33 bits per heavy atom. The van der Waals surface area contributed by atoms with Crippen LogP contribution in [0.15, 0.2) is 22.8 Å². The molecule has 2 heterocycles. The molecule has 1 aliphatic heterocycles. The zero-order valence-corrected chi connectivity index (χ0v) is 14.9. The largest absolute Gasteiger partial charge is 0.467 e. The van der Waals surface area contributed by atoms with Gasteiger partial charge in [0.2, 0.25) is 11.8 Å². The molecule has 0 N–H and O–H groups in total. The van der Waals surface area contributed by atoms with E-state index in [0.717, 1.165) is 25.2 Å². The molecule has 1 aromatic heterocycles. The highest BCUT2D eigenvalue weighted by atomic mass is 16.5. The molecular weight excluding hydrogens is 308 g/mol. The van der Waals surface area contributed by atoms with Crippen molar-refractivity contribution in [1.82, 2.24) is 9.80 Å². The molecule has 2 rings (SSSR count). The van der Waals surface area contributed by atoms with Crippen LogP contribution in [0.5, 0.6) is 0 Å². The maximum Gasteiger partial charge on any atom is 0.242 e. The Morgan fingerprint density at radius 3 is 2.67 bits per heavy atom. The third-order valence-corrected chi connectivity index (χ3v) is 4.08. The number of furan rings is 1. The number of hydrogen-bond donors (Lipinski definition) is 0. The zero-order chi connectivity index (χ0) is 17.5. The second-order valence-electron chi connectivity index (χ2n) is 6.78. The third kappa shape index (κ3) is 5.67. The van der Waals surface area contributed by atoms with Crippen molar-refractivity contribution in [3.8, 4) is 0 Å². The first-order valence-electron chi connectivity index (χ1n) is 8.63. The molecule has 1 saturated heterocycles. The highest BCUT2D eigenvalue weighted by Crippen LogP contribution is 2.16. The summed E-state index contributed by atoms with van der Waals surface area (Å²) < 4.78 is 11.0. The number of nitrogens with zero attached hydrogens (tertiary/aromatic N) is 2. The third-order valence-electron chi connectivity index (χ3n) is 4.08. The molecule has 24 heavy (non-hydrogen) atoms. The van der Waals surface area contributed by atoms with Crippen LogP contribution in [0.2, 0.25) is 0 Å². The lowest BCUT2D eigenvalue weighted by molar-refractivity contribution is -0.141. The molecule has 0 radical (unpaired) electrons. The van der Waals surface area contributed by atoms with Gasteiger partial charge in [-0.25, -0.2) is 0 Å². The van der Waals surface area contributed by atoms with Gasteiger partial charge in [0, 0.05) is 26.6 Å². The summed E-state index contributed by atoms with van der Waals surface area (Å²) in [6, 6.07) is 3.66. The van der Waals surface area contributed by atoms with Crippen molar-refractivity contribution >= 4 is 11.8 Å². The van der Waals surface area contributed by atoms with Gasteiger partial charge in [-0.1, -0.05) is 13.8 Å². The van der Waals surface area contributed by atoms with E-state index in [0.29, 0.717) is 25.6 Å². The van der Waals surface area contributed by atoms with Crippen LogP contribution in [0, 0.1) is 5.92 Å². The average Bonchev–Trinajstić information content (AvgIpc) is 3.18. The molecular formula is C18H28N2O4. The lowest BCUT2D eigenvalue weighted by atomic mass is 10.2. The molecule has 1 aromatic rings. The van der Waals surface area contributed by atoms with Gasteiger partial charge in [-0.05, 0) is 30.9 Å². The van der Waals surface area contributed by atoms with Crippen LogP contribution >= 0.6 is 0 Å². The van der Waals surface area contributed by atoms with E-state index < -0.39 is 0 Å². The van der Waals surface area contributed by atoms with Crippen molar-refractivity contribution in [2.45, 2.75) is 46.3 Å². The van der Waals surface area contributed by atoms with E-state index >= 15 is 0 Å². The van der Waals surface area contributed by atoms with Crippen LogP contribution in [0.4, 0.5) is 0 Å². The highest BCUT2D eigenvalue weighted by molar-refractivity contribution is 5.83. The Morgan fingerprint density at radius 2 is 2.12 bits per heavy atom. The fraction of sp³-hybridized carbons (Fsp3) is 0.667. The van der Waals surface area contributed by atoms with Gasteiger partial charge in [0.25, 0.3) is 0 Å². The quantitative estimate of drug-likeness (QED) is 0.731. The predicted octanol–water partition coefficient (Wildman–Crippen LogP) is 2.29. The molecule has 0 saturated carbocycles. The Bertz CT molecular complexity index is 521. The molecule has 0 aromatic carbocycles. The Kier molecular flexibility index (Phi) is 6.85. The first-order valence-corrected chi connectivity index (χ1v) is 8.63. The van der Waals surface area contributed by atoms with Crippen molar-refractivity contribution in [3.05, 3.63) is 24.2 Å². The molecule has 0 spiro atoms. The van der Waals surface area contributed by atoms with Crippen molar-refractivity contribution in [1.29, 1.82) is 0 Å². The molecule has 134 valence electrons. The van der Waals surface area contributed by atoms with E-state index in [1.807, 2.05) is 26.0 Å². The second kappa shape index (κ2) is 8.87. The Hall–Kier alpha value is -1.82. The van der Waals surface area contributed by atoms with Crippen molar-refractivity contribution in [3.63, 3.8) is 0 Å². The fourth-order valence-corrected chi connectivity index (χ4v) is 2.89. The zero-order valence-electron chi connectivity index (χ0n) is 14.9. The molecule has 1 atom stereocenters. The van der Waals surface area contributed by atoms with Gasteiger partial charge in [-0.3, -0.25) is 9.59 Å². The van der Waals surface area contributed by atoms with Gasteiger partial charge in [0.05, 0.1) is 25.5 Å². The van der Waals surface area contributed by atoms with Crippen LogP contribution in [-0.4, -0.2) is 54.0 Å². The lowest BCUT2D eigenvalue weighted by Crippen LogP contribution is -2.45. The fourth-order valence-electron chi connectivity index (χ4n) is 2.89. The number of carbonyl (C=O) groups is 2. The molecule has 6 nitrogen and oxygen atoms in total. The summed E-state index contributed by atoms with van der Waals surface area (Å²) in [7, 11) is 0. The number of rotatable bonds is 8. The molecule has 0 bridgehead atoms. The van der Waals surface area contributed by atoms with Gasteiger partial charge >= 0.3 is 0 Å². The van der Waals surface area contributed by atoms with E-state index in [-0.39, 0.29) is 24.5 Å². The topological polar surface area (TPSA) is 63.0 Å². The van der Waals surface area contributed by atoms with Crippen LogP contribution in [0.3, 0.4) is 0 Å². The van der Waals surface area contributed by atoms with Crippen LogP contribution < -0.4 is 0 Å². The van der Waals surface area contributed by atoms with Gasteiger partial charge in [-0.15, -0.1) is 0 Å². The minimum atomic E-state index is -0.0767. The van der Waals surface area contributed by atoms with Crippen molar-refractivity contribution < 1.29 is 18.7 Å². The number of ether oxygens (including phenoxy) is 1. The van der Waals surface area contributed by atoms with Crippen molar-refractivity contribution in [2.24, 2.45) is 5.92 Å². The first kappa shape index (κ1) is 18.5. The number of carbonyl (C=O) groups excluding carboxylic acids is 2. The highest BCUT2D eigenvalue weighted by Gasteiger charge is 2.25. The molecule has 6 heteroatoms. The van der Waals surface area contributed by atoms with E-state index in [9.17, 15) is 9.59 Å².